The SMILES string of the molecule is C[C@@H]1CNC[C@H]1C(=O)NCCOCC(F)(F)F. The molecule has 1 amide bonds. The van der Waals surface area contributed by atoms with Crippen LogP contribution >= 0.6 is 0 Å². The van der Waals surface area contributed by atoms with Crippen molar-refractivity contribution in [3.63, 3.8) is 0 Å². The minimum Gasteiger partial charge on any atom is -0.370 e. The quantitative estimate of drug-likeness (QED) is 0.704. The fourth-order valence-electron chi connectivity index (χ4n) is 1.73. The normalized spacial score (nSPS) is 24.9. The van der Waals surface area contributed by atoms with E-state index in [0.29, 0.717) is 6.54 Å². The van der Waals surface area contributed by atoms with E-state index in [1.54, 1.807) is 0 Å². The average Bonchev–Trinajstić information content (AvgIpc) is 2.62. The zero-order valence-electron chi connectivity index (χ0n) is 9.64. The van der Waals surface area contributed by atoms with Gasteiger partial charge in [-0.25, -0.2) is 0 Å². The Bertz CT molecular complexity index is 258. The zero-order valence-corrected chi connectivity index (χ0v) is 9.64. The molecule has 0 radical (unpaired) electrons. The summed E-state index contributed by atoms with van der Waals surface area (Å²) in [6.45, 7) is 2.09. The molecule has 0 bridgehead atoms. The maximum Gasteiger partial charge on any atom is 0.411 e. The second kappa shape index (κ2) is 6.20. The predicted molar refractivity (Wildman–Crippen MR) is 55.4 cm³/mol. The van der Waals surface area contributed by atoms with Crippen molar-refractivity contribution in [3.8, 4) is 0 Å². The van der Waals surface area contributed by atoms with Crippen LogP contribution in [-0.2, 0) is 9.53 Å². The zero-order chi connectivity index (χ0) is 12.9. The molecule has 0 aromatic carbocycles. The minimum atomic E-state index is -4.31. The summed E-state index contributed by atoms with van der Waals surface area (Å²) in [4.78, 5) is 11.6. The number of carbonyl (C=O) groups is 1. The molecule has 1 heterocycles. The summed E-state index contributed by atoms with van der Waals surface area (Å²) >= 11 is 0. The Balaban J connectivity index is 2.08. The van der Waals surface area contributed by atoms with E-state index in [4.69, 9.17) is 0 Å². The van der Waals surface area contributed by atoms with Crippen LogP contribution in [0.4, 0.5) is 13.2 Å². The summed E-state index contributed by atoms with van der Waals surface area (Å²) in [5, 5.41) is 5.65. The molecule has 0 spiro atoms. The van der Waals surface area contributed by atoms with Gasteiger partial charge in [0.15, 0.2) is 0 Å². The van der Waals surface area contributed by atoms with Crippen molar-refractivity contribution < 1.29 is 22.7 Å². The Hall–Kier alpha value is -0.820. The molecule has 1 aliphatic rings. The second-order valence-electron chi connectivity index (χ2n) is 4.20. The molecule has 1 aliphatic heterocycles. The Morgan fingerprint density at radius 1 is 1.47 bits per heavy atom. The number of amides is 1. The third-order valence-corrected chi connectivity index (χ3v) is 2.67. The molecule has 17 heavy (non-hydrogen) atoms. The van der Waals surface area contributed by atoms with E-state index in [0.717, 1.165) is 6.54 Å². The molecule has 7 heteroatoms. The van der Waals surface area contributed by atoms with Crippen molar-refractivity contribution in [3.05, 3.63) is 0 Å². The van der Waals surface area contributed by atoms with Crippen LogP contribution in [0.2, 0.25) is 0 Å². The number of halogens is 3. The van der Waals surface area contributed by atoms with Gasteiger partial charge in [0.25, 0.3) is 0 Å². The molecule has 1 rings (SSSR count). The minimum absolute atomic E-state index is 0.0994. The van der Waals surface area contributed by atoms with Crippen molar-refractivity contribution in [2.75, 3.05) is 32.8 Å². The Morgan fingerprint density at radius 3 is 2.71 bits per heavy atom. The Morgan fingerprint density at radius 2 is 2.18 bits per heavy atom. The number of rotatable bonds is 5. The highest BCUT2D eigenvalue weighted by molar-refractivity contribution is 5.79. The number of nitrogens with one attached hydrogen (secondary N) is 2. The van der Waals surface area contributed by atoms with Gasteiger partial charge in [0, 0.05) is 13.1 Å². The van der Waals surface area contributed by atoms with Crippen molar-refractivity contribution in [1.82, 2.24) is 10.6 Å². The first kappa shape index (κ1) is 14.2. The number of carbonyl (C=O) groups excluding carboxylic acids is 1. The van der Waals surface area contributed by atoms with E-state index in [9.17, 15) is 18.0 Å². The van der Waals surface area contributed by atoms with Gasteiger partial charge in [-0.15, -0.1) is 0 Å². The molecule has 2 N–H and O–H groups in total. The van der Waals surface area contributed by atoms with Gasteiger partial charge in [-0.1, -0.05) is 6.92 Å². The first-order valence-corrected chi connectivity index (χ1v) is 5.53. The van der Waals surface area contributed by atoms with Gasteiger partial charge in [-0.2, -0.15) is 13.2 Å². The van der Waals surface area contributed by atoms with Crippen LogP contribution in [-0.4, -0.2) is 44.9 Å². The van der Waals surface area contributed by atoms with E-state index in [2.05, 4.69) is 15.4 Å². The largest absolute Gasteiger partial charge is 0.411 e. The highest BCUT2D eigenvalue weighted by Crippen LogP contribution is 2.15. The van der Waals surface area contributed by atoms with Gasteiger partial charge >= 0.3 is 6.18 Å². The maximum absolute atomic E-state index is 11.7. The molecule has 0 aromatic rings. The lowest BCUT2D eigenvalue weighted by atomic mass is 9.97. The molecular weight excluding hydrogens is 237 g/mol. The van der Waals surface area contributed by atoms with Crippen LogP contribution < -0.4 is 10.6 Å². The smallest absolute Gasteiger partial charge is 0.370 e. The molecule has 1 fully saturated rings. The number of hydrogen-bond acceptors (Lipinski definition) is 3. The fraction of sp³-hybridized carbons (Fsp3) is 0.900. The van der Waals surface area contributed by atoms with Crippen molar-refractivity contribution in [2.24, 2.45) is 11.8 Å². The van der Waals surface area contributed by atoms with E-state index in [-0.39, 0.29) is 30.9 Å². The highest BCUT2D eigenvalue weighted by atomic mass is 19.4. The fourth-order valence-corrected chi connectivity index (χ4v) is 1.73. The second-order valence-corrected chi connectivity index (χ2v) is 4.20. The van der Waals surface area contributed by atoms with Crippen molar-refractivity contribution in [1.29, 1.82) is 0 Å². The molecule has 4 nitrogen and oxygen atoms in total. The molecule has 100 valence electrons. The van der Waals surface area contributed by atoms with E-state index < -0.39 is 12.8 Å². The third kappa shape index (κ3) is 5.36. The van der Waals surface area contributed by atoms with Crippen LogP contribution in [0, 0.1) is 11.8 Å². The standard InChI is InChI=1S/C10H17F3N2O2/c1-7-4-14-5-8(7)9(16)15-2-3-17-6-10(11,12)13/h7-8,14H,2-6H2,1H3,(H,15,16)/t7-,8-/m1/s1. The highest BCUT2D eigenvalue weighted by Gasteiger charge is 2.29. The van der Waals surface area contributed by atoms with Gasteiger partial charge in [-0.3, -0.25) is 4.79 Å². The van der Waals surface area contributed by atoms with E-state index >= 15 is 0 Å². The molecular formula is C10H17F3N2O2. The Labute approximate surface area is 97.9 Å². The molecule has 0 aliphatic carbocycles. The number of hydrogen-bond donors (Lipinski definition) is 2. The summed E-state index contributed by atoms with van der Waals surface area (Å²) in [7, 11) is 0. The first-order chi connectivity index (χ1) is 7.90. The van der Waals surface area contributed by atoms with E-state index in [1.807, 2.05) is 6.92 Å². The topological polar surface area (TPSA) is 50.4 Å². The molecule has 0 aromatic heterocycles. The van der Waals surface area contributed by atoms with Crippen molar-refractivity contribution >= 4 is 5.91 Å². The lowest BCUT2D eigenvalue weighted by molar-refractivity contribution is -0.173. The van der Waals surface area contributed by atoms with Gasteiger partial charge < -0.3 is 15.4 Å². The lowest BCUT2D eigenvalue weighted by Gasteiger charge is -2.14. The van der Waals surface area contributed by atoms with E-state index in [1.165, 1.54) is 0 Å². The number of ether oxygens (including phenoxy) is 1. The maximum atomic E-state index is 11.7. The summed E-state index contributed by atoms with van der Waals surface area (Å²) in [5.74, 6) is 0.0295. The molecule has 0 unspecified atom stereocenters. The number of alkyl halides is 3. The van der Waals surface area contributed by atoms with Gasteiger partial charge in [0.2, 0.25) is 5.91 Å². The van der Waals surface area contributed by atoms with Crippen LogP contribution in [0.5, 0.6) is 0 Å². The lowest BCUT2D eigenvalue weighted by Crippen LogP contribution is -2.36. The summed E-state index contributed by atoms with van der Waals surface area (Å²) in [6, 6.07) is 0. The van der Waals surface area contributed by atoms with Crippen LogP contribution in [0.15, 0.2) is 0 Å². The van der Waals surface area contributed by atoms with Gasteiger partial charge in [-0.05, 0) is 12.5 Å². The summed E-state index contributed by atoms with van der Waals surface area (Å²) in [5.41, 5.74) is 0. The summed E-state index contributed by atoms with van der Waals surface area (Å²) < 4.78 is 39.5. The average molecular weight is 254 g/mol. The third-order valence-electron chi connectivity index (χ3n) is 2.67. The van der Waals surface area contributed by atoms with Crippen LogP contribution in [0.25, 0.3) is 0 Å². The van der Waals surface area contributed by atoms with Gasteiger partial charge in [0.05, 0.1) is 12.5 Å². The monoisotopic (exact) mass is 254 g/mol. The molecule has 0 saturated carbocycles. The first-order valence-electron chi connectivity index (χ1n) is 5.53. The molecule has 2 atom stereocenters. The molecule has 1 saturated heterocycles. The van der Waals surface area contributed by atoms with Crippen LogP contribution in [0.3, 0.4) is 0 Å². The van der Waals surface area contributed by atoms with Crippen LogP contribution in [0.1, 0.15) is 6.92 Å². The van der Waals surface area contributed by atoms with Gasteiger partial charge in [0.1, 0.15) is 6.61 Å². The summed E-state index contributed by atoms with van der Waals surface area (Å²) in [6.07, 6.45) is -4.31. The van der Waals surface area contributed by atoms with Crippen molar-refractivity contribution in [2.45, 2.75) is 13.1 Å². The Kier molecular flexibility index (Phi) is 5.20. The predicted octanol–water partition coefficient (Wildman–Crippen LogP) is 0.537.